The van der Waals surface area contributed by atoms with Gasteiger partial charge in [-0.3, -0.25) is 9.59 Å². The fourth-order valence-corrected chi connectivity index (χ4v) is 1.93. The maximum Gasteiger partial charge on any atom is 0.306 e. The first-order valence-corrected chi connectivity index (χ1v) is 8.00. The van der Waals surface area contributed by atoms with E-state index in [0.717, 1.165) is 38.5 Å². The molecule has 0 rings (SSSR count). The molecule has 21 heavy (non-hydrogen) atoms. The number of esters is 1. The Morgan fingerprint density at radius 1 is 0.952 bits per heavy atom. The fourth-order valence-electron chi connectivity index (χ4n) is 1.93. The molecule has 0 aromatic carbocycles. The van der Waals surface area contributed by atoms with Gasteiger partial charge in [0.15, 0.2) is 5.78 Å². The van der Waals surface area contributed by atoms with Crippen molar-refractivity contribution in [1.29, 1.82) is 0 Å². The summed E-state index contributed by atoms with van der Waals surface area (Å²) in [6, 6.07) is 0. The van der Waals surface area contributed by atoms with Gasteiger partial charge in [-0.05, 0) is 39.7 Å². The molecule has 0 aliphatic carbocycles. The molecular formula is C17H30O4. The highest BCUT2D eigenvalue weighted by atomic mass is 16.5. The molecule has 0 fully saturated rings. The van der Waals surface area contributed by atoms with E-state index in [2.05, 4.69) is 0 Å². The lowest BCUT2D eigenvalue weighted by atomic mass is 10.1. The average Bonchev–Trinajstić information content (AvgIpc) is 2.38. The lowest BCUT2D eigenvalue weighted by Gasteiger charge is -2.07. The number of ketones is 1. The highest BCUT2D eigenvalue weighted by Gasteiger charge is 2.04. The van der Waals surface area contributed by atoms with Crippen LogP contribution in [0.2, 0.25) is 0 Å². The number of ether oxygens (including phenoxy) is 1. The topological polar surface area (TPSA) is 63.6 Å². The third-order valence-electron chi connectivity index (χ3n) is 2.98. The predicted octanol–water partition coefficient (Wildman–Crippen LogP) is 3.56. The van der Waals surface area contributed by atoms with Gasteiger partial charge >= 0.3 is 5.97 Å². The van der Waals surface area contributed by atoms with Crippen molar-refractivity contribution >= 4 is 11.8 Å². The smallest absolute Gasteiger partial charge is 0.306 e. The third kappa shape index (κ3) is 15.1. The standard InChI is InChI=1S/C17H30O4/c1-14(2)21-17(20)11-9-7-5-4-6-8-10-16(19)13-12-15(3)18/h12-15,18H,4-11H2,1-3H3/b13-12+. The van der Waals surface area contributed by atoms with Crippen LogP contribution in [0.3, 0.4) is 0 Å². The van der Waals surface area contributed by atoms with Crippen molar-refractivity contribution in [1.82, 2.24) is 0 Å². The minimum Gasteiger partial charge on any atom is -0.463 e. The third-order valence-corrected chi connectivity index (χ3v) is 2.98. The Morgan fingerprint density at radius 3 is 2.00 bits per heavy atom. The van der Waals surface area contributed by atoms with Crippen LogP contribution in [0, 0.1) is 0 Å². The highest BCUT2D eigenvalue weighted by molar-refractivity contribution is 5.89. The van der Waals surface area contributed by atoms with Crippen molar-refractivity contribution in [3.05, 3.63) is 12.2 Å². The molecule has 0 aliphatic heterocycles. The van der Waals surface area contributed by atoms with Crippen molar-refractivity contribution in [2.24, 2.45) is 0 Å². The molecule has 0 saturated heterocycles. The van der Waals surface area contributed by atoms with Crippen molar-refractivity contribution in [2.75, 3.05) is 0 Å². The summed E-state index contributed by atoms with van der Waals surface area (Å²) >= 11 is 0. The monoisotopic (exact) mass is 298 g/mol. The quantitative estimate of drug-likeness (QED) is 0.340. The van der Waals surface area contributed by atoms with E-state index >= 15 is 0 Å². The van der Waals surface area contributed by atoms with E-state index in [1.165, 1.54) is 12.2 Å². The van der Waals surface area contributed by atoms with E-state index in [0.29, 0.717) is 12.8 Å². The van der Waals surface area contributed by atoms with Gasteiger partial charge in [-0.25, -0.2) is 0 Å². The van der Waals surface area contributed by atoms with Crippen LogP contribution < -0.4 is 0 Å². The second-order valence-corrected chi connectivity index (χ2v) is 5.73. The van der Waals surface area contributed by atoms with Gasteiger partial charge in [-0.15, -0.1) is 0 Å². The van der Waals surface area contributed by atoms with Gasteiger partial charge in [0.2, 0.25) is 0 Å². The maximum atomic E-state index is 11.4. The molecule has 0 radical (unpaired) electrons. The predicted molar refractivity (Wildman–Crippen MR) is 84.0 cm³/mol. The summed E-state index contributed by atoms with van der Waals surface area (Å²) in [5.41, 5.74) is 0. The Hall–Kier alpha value is -1.16. The molecule has 0 saturated carbocycles. The van der Waals surface area contributed by atoms with Crippen LogP contribution in [-0.4, -0.2) is 29.1 Å². The summed E-state index contributed by atoms with van der Waals surface area (Å²) in [5, 5.41) is 9.01. The zero-order valence-corrected chi connectivity index (χ0v) is 13.6. The maximum absolute atomic E-state index is 11.4. The number of aliphatic hydroxyl groups excluding tert-OH is 1. The number of allylic oxidation sites excluding steroid dienone is 1. The first kappa shape index (κ1) is 19.8. The summed E-state index contributed by atoms with van der Waals surface area (Å²) < 4.78 is 5.06. The number of aliphatic hydroxyl groups is 1. The Labute approximate surface area is 128 Å². The molecule has 4 heteroatoms. The summed E-state index contributed by atoms with van der Waals surface area (Å²) in [4.78, 5) is 22.7. The van der Waals surface area contributed by atoms with E-state index in [1.54, 1.807) is 6.92 Å². The molecule has 1 atom stereocenters. The largest absolute Gasteiger partial charge is 0.463 e. The zero-order valence-electron chi connectivity index (χ0n) is 13.6. The summed E-state index contributed by atoms with van der Waals surface area (Å²) in [6.45, 7) is 5.34. The van der Waals surface area contributed by atoms with E-state index in [4.69, 9.17) is 9.84 Å². The van der Waals surface area contributed by atoms with Crippen LogP contribution in [0.15, 0.2) is 12.2 Å². The number of hydrogen-bond acceptors (Lipinski definition) is 4. The van der Waals surface area contributed by atoms with Gasteiger partial charge < -0.3 is 9.84 Å². The van der Waals surface area contributed by atoms with E-state index in [-0.39, 0.29) is 17.9 Å². The summed E-state index contributed by atoms with van der Waals surface area (Å²) in [6.07, 6.45) is 9.44. The second kappa shape index (κ2) is 12.6. The molecule has 0 spiro atoms. The fraction of sp³-hybridized carbons (Fsp3) is 0.765. The van der Waals surface area contributed by atoms with Crippen LogP contribution in [0.1, 0.15) is 72.1 Å². The van der Waals surface area contributed by atoms with Gasteiger partial charge in [0.05, 0.1) is 12.2 Å². The van der Waals surface area contributed by atoms with Crippen LogP contribution in [0.4, 0.5) is 0 Å². The average molecular weight is 298 g/mol. The number of carbonyl (C=O) groups excluding carboxylic acids is 2. The lowest BCUT2D eigenvalue weighted by molar-refractivity contribution is -0.147. The number of rotatable bonds is 12. The van der Waals surface area contributed by atoms with Gasteiger partial charge in [0.1, 0.15) is 0 Å². The first-order valence-electron chi connectivity index (χ1n) is 8.00. The first-order chi connectivity index (χ1) is 9.91. The minimum atomic E-state index is -0.559. The minimum absolute atomic E-state index is 0.0297. The molecule has 0 amide bonds. The molecule has 4 nitrogen and oxygen atoms in total. The van der Waals surface area contributed by atoms with Crippen molar-refractivity contribution in [3.8, 4) is 0 Å². The van der Waals surface area contributed by atoms with Crippen molar-refractivity contribution < 1.29 is 19.4 Å². The van der Waals surface area contributed by atoms with Crippen LogP contribution in [0.5, 0.6) is 0 Å². The number of unbranched alkanes of at least 4 members (excludes halogenated alkanes) is 5. The summed E-state index contributed by atoms with van der Waals surface area (Å²) in [5.74, 6) is -0.0344. The van der Waals surface area contributed by atoms with Gasteiger partial charge in [-0.2, -0.15) is 0 Å². The normalized spacial score (nSPS) is 12.8. The van der Waals surface area contributed by atoms with E-state index in [9.17, 15) is 9.59 Å². The second-order valence-electron chi connectivity index (χ2n) is 5.73. The van der Waals surface area contributed by atoms with Crippen LogP contribution >= 0.6 is 0 Å². The number of carbonyl (C=O) groups is 2. The Morgan fingerprint density at radius 2 is 1.48 bits per heavy atom. The van der Waals surface area contributed by atoms with Gasteiger partial charge in [-0.1, -0.05) is 31.8 Å². The molecule has 0 aromatic heterocycles. The van der Waals surface area contributed by atoms with E-state index < -0.39 is 6.10 Å². The molecule has 0 aromatic rings. The Balaban J connectivity index is 3.37. The molecular weight excluding hydrogens is 268 g/mol. The zero-order chi connectivity index (χ0) is 16.1. The summed E-state index contributed by atoms with van der Waals surface area (Å²) in [7, 11) is 0. The lowest BCUT2D eigenvalue weighted by Crippen LogP contribution is -2.10. The number of hydrogen-bond donors (Lipinski definition) is 1. The molecule has 0 aliphatic rings. The van der Waals surface area contributed by atoms with E-state index in [1.807, 2.05) is 13.8 Å². The molecule has 0 heterocycles. The van der Waals surface area contributed by atoms with Gasteiger partial charge in [0, 0.05) is 12.8 Å². The van der Waals surface area contributed by atoms with Crippen LogP contribution in [-0.2, 0) is 14.3 Å². The SMILES string of the molecule is CC(O)/C=C/C(=O)CCCCCCCCC(=O)OC(C)C. The molecule has 1 unspecified atom stereocenters. The van der Waals surface area contributed by atoms with Crippen LogP contribution in [0.25, 0.3) is 0 Å². The molecule has 122 valence electrons. The van der Waals surface area contributed by atoms with Crippen molar-refractivity contribution in [2.45, 2.75) is 84.3 Å². The highest BCUT2D eigenvalue weighted by Crippen LogP contribution is 2.10. The Bertz CT molecular complexity index is 319. The Kier molecular flexibility index (Phi) is 11.9. The molecule has 0 bridgehead atoms. The molecule has 1 N–H and O–H groups in total. The van der Waals surface area contributed by atoms with Crippen molar-refractivity contribution in [3.63, 3.8) is 0 Å². The van der Waals surface area contributed by atoms with Gasteiger partial charge in [0.25, 0.3) is 0 Å².